The molecule has 0 aliphatic carbocycles. The normalized spacial score (nSPS) is 17.4. The smallest absolute Gasteiger partial charge is 0.310 e. The summed E-state index contributed by atoms with van der Waals surface area (Å²) in [6.45, 7) is 5.27. The van der Waals surface area contributed by atoms with Gasteiger partial charge in [0.15, 0.2) is 0 Å². The number of nitrogens with zero attached hydrogens (tertiary/aromatic N) is 2. The van der Waals surface area contributed by atoms with Crippen LogP contribution in [-0.2, 0) is 0 Å². The van der Waals surface area contributed by atoms with E-state index in [0.717, 1.165) is 32.5 Å². The van der Waals surface area contributed by atoms with E-state index >= 15 is 0 Å². The summed E-state index contributed by atoms with van der Waals surface area (Å²) in [4.78, 5) is 13.0. The van der Waals surface area contributed by atoms with Gasteiger partial charge in [-0.05, 0) is 31.5 Å². The molecule has 1 aromatic rings. The van der Waals surface area contributed by atoms with E-state index in [-0.39, 0.29) is 16.8 Å². The molecule has 0 unspecified atom stereocenters. The van der Waals surface area contributed by atoms with Gasteiger partial charge in [0.2, 0.25) is 0 Å². The Labute approximate surface area is 117 Å². The first kappa shape index (κ1) is 14.1. The summed E-state index contributed by atoms with van der Waals surface area (Å²) in [6.07, 6.45) is 2.00. The van der Waals surface area contributed by atoms with Crippen molar-refractivity contribution in [2.45, 2.75) is 25.8 Å². The fourth-order valence-electron chi connectivity index (χ4n) is 2.43. The van der Waals surface area contributed by atoms with Gasteiger partial charge in [0.05, 0.1) is 4.92 Å². The van der Waals surface area contributed by atoms with Crippen LogP contribution < -0.4 is 5.32 Å². The molecule has 6 heteroatoms. The maximum atomic E-state index is 11.1. The zero-order chi connectivity index (χ0) is 13.8. The predicted octanol–water partition coefficient (Wildman–Crippen LogP) is 3.14. The first-order chi connectivity index (χ1) is 9.11. The fourth-order valence-corrected chi connectivity index (χ4v) is 2.67. The number of nitro groups is 1. The van der Waals surface area contributed by atoms with Gasteiger partial charge in [-0.2, -0.15) is 0 Å². The van der Waals surface area contributed by atoms with Gasteiger partial charge < -0.3 is 10.2 Å². The predicted molar refractivity (Wildman–Crippen MR) is 76.9 cm³/mol. The molecule has 1 aliphatic rings. The van der Waals surface area contributed by atoms with Crippen molar-refractivity contribution in [1.29, 1.82) is 0 Å². The molecule has 0 aromatic heterocycles. The number of nitro benzene ring substituents is 1. The minimum Gasteiger partial charge on any atom is -0.377 e. The SMILES string of the molecule is CCN1CCC(Nc2cccc(Cl)c2[N+](=O)[O-])CC1. The van der Waals surface area contributed by atoms with Gasteiger partial charge in [-0.15, -0.1) is 0 Å². The highest BCUT2D eigenvalue weighted by atomic mass is 35.5. The summed E-state index contributed by atoms with van der Waals surface area (Å²) in [5.41, 5.74) is 0.495. The van der Waals surface area contributed by atoms with Crippen LogP contribution in [0, 0.1) is 10.1 Å². The molecule has 19 heavy (non-hydrogen) atoms. The van der Waals surface area contributed by atoms with Crippen molar-refractivity contribution in [2.24, 2.45) is 0 Å². The molecular formula is C13H18ClN3O2. The Morgan fingerprint density at radius 2 is 2.16 bits per heavy atom. The molecule has 1 saturated heterocycles. The highest BCUT2D eigenvalue weighted by molar-refractivity contribution is 6.33. The minimum atomic E-state index is -0.425. The van der Waals surface area contributed by atoms with Crippen molar-refractivity contribution in [2.75, 3.05) is 25.0 Å². The van der Waals surface area contributed by atoms with Crippen molar-refractivity contribution >= 4 is 23.0 Å². The molecule has 5 nitrogen and oxygen atoms in total. The lowest BCUT2D eigenvalue weighted by molar-refractivity contribution is -0.383. The molecule has 1 fully saturated rings. The van der Waals surface area contributed by atoms with Gasteiger partial charge in [-0.3, -0.25) is 10.1 Å². The number of benzene rings is 1. The van der Waals surface area contributed by atoms with Gasteiger partial charge in [0.25, 0.3) is 0 Å². The van der Waals surface area contributed by atoms with E-state index in [1.807, 2.05) is 0 Å². The molecule has 0 amide bonds. The fraction of sp³-hybridized carbons (Fsp3) is 0.538. The molecule has 104 valence electrons. The molecule has 2 rings (SSSR count). The molecule has 1 aromatic carbocycles. The monoisotopic (exact) mass is 283 g/mol. The van der Waals surface area contributed by atoms with Gasteiger partial charge >= 0.3 is 5.69 Å². The lowest BCUT2D eigenvalue weighted by Gasteiger charge is -2.31. The summed E-state index contributed by atoms with van der Waals surface area (Å²) in [5.74, 6) is 0. The number of halogens is 1. The Kier molecular flexibility index (Phi) is 4.61. The number of hydrogen-bond acceptors (Lipinski definition) is 4. The molecule has 1 N–H and O–H groups in total. The average molecular weight is 284 g/mol. The molecule has 1 aliphatic heterocycles. The van der Waals surface area contributed by atoms with Crippen LogP contribution in [0.3, 0.4) is 0 Å². The molecule has 0 radical (unpaired) electrons. The first-order valence-corrected chi connectivity index (χ1v) is 6.91. The van der Waals surface area contributed by atoms with Crippen molar-refractivity contribution < 1.29 is 4.92 Å². The van der Waals surface area contributed by atoms with Crippen molar-refractivity contribution in [3.05, 3.63) is 33.3 Å². The van der Waals surface area contributed by atoms with Gasteiger partial charge in [0.1, 0.15) is 10.7 Å². The number of piperidine rings is 1. The third-order valence-electron chi connectivity index (χ3n) is 3.56. The minimum absolute atomic E-state index is 0.0258. The third kappa shape index (κ3) is 3.36. The Morgan fingerprint density at radius 1 is 1.47 bits per heavy atom. The summed E-state index contributed by atoms with van der Waals surface area (Å²) in [6, 6.07) is 5.28. The van der Waals surface area contributed by atoms with Crippen LogP contribution in [0.15, 0.2) is 18.2 Å². The standard InChI is InChI=1S/C13H18ClN3O2/c1-2-16-8-6-10(7-9-16)15-12-5-3-4-11(14)13(12)17(18)19/h3-5,10,15H,2,6-9H2,1H3. The second-order valence-electron chi connectivity index (χ2n) is 4.75. The lowest BCUT2D eigenvalue weighted by atomic mass is 10.0. The second-order valence-corrected chi connectivity index (χ2v) is 5.15. The van der Waals surface area contributed by atoms with Crippen molar-refractivity contribution in [3.63, 3.8) is 0 Å². The summed E-state index contributed by atoms with van der Waals surface area (Å²) in [7, 11) is 0. The Hall–Kier alpha value is -1.33. The molecule has 1 heterocycles. The molecule has 0 saturated carbocycles. The van der Waals surface area contributed by atoms with Crippen LogP contribution in [0.4, 0.5) is 11.4 Å². The molecule has 0 bridgehead atoms. The Morgan fingerprint density at radius 3 is 2.74 bits per heavy atom. The molecule has 0 spiro atoms. The lowest BCUT2D eigenvalue weighted by Crippen LogP contribution is -2.38. The highest BCUT2D eigenvalue weighted by Crippen LogP contribution is 2.33. The van der Waals surface area contributed by atoms with Crippen LogP contribution in [0.5, 0.6) is 0 Å². The molecule has 0 atom stereocenters. The number of rotatable bonds is 4. The Balaban J connectivity index is 2.08. The maximum Gasteiger partial charge on any atom is 0.310 e. The molecular weight excluding hydrogens is 266 g/mol. The van der Waals surface area contributed by atoms with E-state index < -0.39 is 4.92 Å². The van der Waals surface area contributed by atoms with Crippen molar-refractivity contribution in [3.8, 4) is 0 Å². The number of hydrogen-bond donors (Lipinski definition) is 1. The quantitative estimate of drug-likeness (QED) is 0.681. The van der Waals surface area contributed by atoms with Gasteiger partial charge in [0, 0.05) is 19.1 Å². The summed E-state index contributed by atoms with van der Waals surface area (Å²) < 4.78 is 0. The van der Waals surface area contributed by atoms with Crippen molar-refractivity contribution in [1.82, 2.24) is 4.90 Å². The highest BCUT2D eigenvalue weighted by Gasteiger charge is 2.23. The van der Waals surface area contributed by atoms with E-state index in [0.29, 0.717) is 5.69 Å². The summed E-state index contributed by atoms with van der Waals surface area (Å²) in [5, 5.41) is 14.5. The second kappa shape index (κ2) is 6.21. The van der Waals surface area contributed by atoms with E-state index in [1.54, 1.807) is 18.2 Å². The van der Waals surface area contributed by atoms with E-state index in [9.17, 15) is 10.1 Å². The number of anilines is 1. The summed E-state index contributed by atoms with van der Waals surface area (Å²) >= 11 is 5.90. The number of nitrogens with one attached hydrogen (secondary N) is 1. The van der Waals surface area contributed by atoms with Crippen LogP contribution in [0.1, 0.15) is 19.8 Å². The van der Waals surface area contributed by atoms with E-state index in [2.05, 4.69) is 17.1 Å². The third-order valence-corrected chi connectivity index (χ3v) is 3.87. The van der Waals surface area contributed by atoms with Crippen LogP contribution >= 0.6 is 11.6 Å². The average Bonchev–Trinajstić information content (AvgIpc) is 2.39. The largest absolute Gasteiger partial charge is 0.377 e. The topological polar surface area (TPSA) is 58.4 Å². The maximum absolute atomic E-state index is 11.1. The van der Waals surface area contributed by atoms with Gasteiger partial charge in [-0.1, -0.05) is 24.6 Å². The van der Waals surface area contributed by atoms with Gasteiger partial charge in [-0.25, -0.2) is 0 Å². The zero-order valence-corrected chi connectivity index (χ0v) is 11.7. The first-order valence-electron chi connectivity index (χ1n) is 6.53. The zero-order valence-electron chi connectivity index (χ0n) is 10.9. The number of likely N-dealkylation sites (tertiary alicyclic amines) is 1. The Bertz CT molecular complexity index is 459. The van der Waals surface area contributed by atoms with Crippen LogP contribution in [0.25, 0.3) is 0 Å². The van der Waals surface area contributed by atoms with E-state index in [4.69, 9.17) is 11.6 Å². The van der Waals surface area contributed by atoms with E-state index in [1.165, 1.54) is 0 Å². The number of para-hydroxylation sites is 1. The van der Waals surface area contributed by atoms with Crippen LogP contribution in [0.2, 0.25) is 5.02 Å². The van der Waals surface area contributed by atoms with Crippen LogP contribution in [-0.4, -0.2) is 35.5 Å².